The molecule has 1 fully saturated rings. The van der Waals surface area contributed by atoms with Gasteiger partial charge in [-0.05, 0) is 17.7 Å². The molecular formula is C19H19F2N3O2. The molecule has 0 saturated carbocycles. The number of nitrogens with zero attached hydrogens (tertiary/aromatic N) is 3. The van der Waals surface area contributed by atoms with E-state index in [2.05, 4.69) is 0 Å². The van der Waals surface area contributed by atoms with E-state index < -0.39 is 17.7 Å². The minimum absolute atomic E-state index is 0.0532. The summed E-state index contributed by atoms with van der Waals surface area (Å²) in [4.78, 5) is 29.2. The first kappa shape index (κ1) is 17.8. The smallest absolute Gasteiger partial charge is 0.325 e. The molecule has 136 valence electrons. The molecule has 1 saturated heterocycles. The van der Waals surface area contributed by atoms with Crippen molar-refractivity contribution in [1.29, 1.82) is 0 Å². The van der Waals surface area contributed by atoms with Gasteiger partial charge in [-0.3, -0.25) is 9.69 Å². The number of anilines is 1. The van der Waals surface area contributed by atoms with Crippen LogP contribution in [0.15, 0.2) is 48.5 Å². The monoisotopic (exact) mass is 359 g/mol. The lowest BCUT2D eigenvalue weighted by Crippen LogP contribution is -2.40. The molecule has 1 aliphatic heterocycles. The van der Waals surface area contributed by atoms with Crippen LogP contribution in [-0.4, -0.2) is 48.4 Å². The van der Waals surface area contributed by atoms with Crippen molar-refractivity contribution in [1.82, 2.24) is 9.80 Å². The first-order chi connectivity index (χ1) is 12.5. The second-order valence-electron chi connectivity index (χ2n) is 6.19. The van der Waals surface area contributed by atoms with E-state index in [9.17, 15) is 18.4 Å². The van der Waals surface area contributed by atoms with E-state index in [0.717, 1.165) is 17.7 Å². The fourth-order valence-corrected chi connectivity index (χ4v) is 2.85. The molecule has 0 aliphatic carbocycles. The predicted octanol–water partition coefficient (Wildman–Crippen LogP) is 2.87. The second kappa shape index (κ2) is 7.51. The number of carbonyl (C=O) groups excluding carboxylic acids is 2. The van der Waals surface area contributed by atoms with E-state index in [1.807, 2.05) is 30.3 Å². The summed E-state index contributed by atoms with van der Waals surface area (Å²) in [6.07, 6.45) is 0. The highest BCUT2D eigenvalue weighted by Gasteiger charge is 2.31. The lowest BCUT2D eigenvalue weighted by molar-refractivity contribution is -0.130. The van der Waals surface area contributed by atoms with Crippen LogP contribution in [0.4, 0.5) is 19.3 Å². The number of hydrogen-bond donors (Lipinski definition) is 0. The largest absolute Gasteiger partial charge is 0.340 e. The van der Waals surface area contributed by atoms with Gasteiger partial charge in [-0.1, -0.05) is 30.3 Å². The van der Waals surface area contributed by atoms with Crippen molar-refractivity contribution in [2.24, 2.45) is 0 Å². The fourth-order valence-electron chi connectivity index (χ4n) is 2.85. The zero-order valence-corrected chi connectivity index (χ0v) is 14.4. The number of carbonyl (C=O) groups is 2. The summed E-state index contributed by atoms with van der Waals surface area (Å²) < 4.78 is 26.5. The maximum Gasteiger partial charge on any atom is 0.325 e. The summed E-state index contributed by atoms with van der Waals surface area (Å²) in [7, 11) is 1.68. The lowest BCUT2D eigenvalue weighted by atomic mass is 10.2. The molecule has 1 heterocycles. The maximum absolute atomic E-state index is 13.4. The van der Waals surface area contributed by atoms with Crippen molar-refractivity contribution in [3.05, 3.63) is 65.7 Å². The summed E-state index contributed by atoms with van der Waals surface area (Å²) >= 11 is 0. The Balaban J connectivity index is 1.61. The Morgan fingerprint density at radius 3 is 2.50 bits per heavy atom. The normalized spacial score (nSPS) is 14.0. The SMILES string of the molecule is CN(Cc1ccccc1)C(=O)CN1CCN(c2ccc(F)c(F)c2)C1=O. The number of likely N-dealkylation sites (N-methyl/N-ethyl adjacent to an activating group) is 1. The standard InChI is InChI=1S/C19H19F2N3O2/c1-22(12-14-5-3-2-4-6-14)18(25)13-23-9-10-24(19(23)26)15-7-8-16(20)17(21)11-15/h2-8,11H,9-10,12-13H2,1H3. The molecule has 0 N–H and O–H groups in total. The number of halogens is 2. The van der Waals surface area contributed by atoms with Crippen molar-refractivity contribution < 1.29 is 18.4 Å². The van der Waals surface area contributed by atoms with E-state index in [1.54, 1.807) is 11.9 Å². The van der Waals surface area contributed by atoms with Gasteiger partial charge in [0.2, 0.25) is 5.91 Å². The quantitative estimate of drug-likeness (QED) is 0.824. The van der Waals surface area contributed by atoms with E-state index in [-0.39, 0.29) is 18.1 Å². The predicted molar refractivity (Wildman–Crippen MR) is 93.6 cm³/mol. The van der Waals surface area contributed by atoms with Crippen LogP contribution in [0.3, 0.4) is 0 Å². The van der Waals surface area contributed by atoms with Crippen LogP contribution in [0.5, 0.6) is 0 Å². The molecule has 0 radical (unpaired) electrons. The number of amides is 3. The molecule has 1 aliphatic rings. The van der Waals surface area contributed by atoms with Gasteiger partial charge in [-0.25, -0.2) is 13.6 Å². The van der Waals surface area contributed by atoms with Gasteiger partial charge in [0, 0.05) is 38.4 Å². The molecule has 3 amide bonds. The summed E-state index contributed by atoms with van der Waals surface area (Å²) in [5.41, 5.74) is 1.28. The Morgan fingerprint density at radius 2 is 1.81 bits per heavy atom. The van der Waals surface area contributed by atoms with E-state index >= 15 is 0 Å². The highest BCUT2D eigenvalue weighted by Crippen LogP contribution is 2.22. The van der Waals surface area contributed by atoms with Gasteiger partial charge in [-0.15, -0.1) is 0 Å². The molecule has 3 rings (SSSR count). The molecule has 0 aromatic heterocycles. The Morgan fingerprint density at radius 1 is 1.08 bits per heavy atom. The Bertz CT molecular complexity index is 814. The third kappa shape index (κ3) is 3.82. The molecule has 5 nitrogen and oxygen atoms in total. The molecule has 2 aromatic carbocycles. The zero-order valence-electron chi connectivity index (χ0n) is 14.4. The maximum atomic E-state index is 13.4. The second-order valence-corrected chi connectivity index (χ2v) is 6.19. The first-order valence-corrected chi connectivity index (χ1v) is 8.25. The van der Waals surface area contributed by atoms with Crippen molar-refractivity contribution in [2.75, 3.05) is 31.6 Å². The number of urea groups is 1. The van der Waals surface area contributed by atoms with Crippen LogP contribution < -0.4 is 4.90 Å². The Hall–Kier alpha value is -2.96. The topological polar surface area (TPSA) is 43.9 Å². The van der Waals surface area contributed by atoms with Crippen LogP contribution in [0, 0.1) is 11.6 Å². The minimum Gasteiger partial charge on any atom is -0.340 e. The van der Waals surface area contributed by atoms with Crippen LogP contribution in [0.2, 0.25) is 0 Å². The zero-order chi connectivity index (χ0) is 18.7. The number of hydrogen-bond acceptors (Lipinski definition) is 2. The van der Waals surface area contributed by atoms with Gasteiger partial charge >= 0.3 is 6.03 Å². The van der Waals surface area contributed by atoms with Gasteiger partial charge in [0.15, 0.2) is 11.6 Å². The van der Waals surface area contributed by atoms with Crippen LogP contribution in [0.25, 0.3) is 0 Å². The molecular weight excluding hydrogens is 340 g/mol. The van der Waals surface area contributed by atoms with Gasteiger partial charge in [0.25, 0.3) is 0 Å². The fraction of sp³-hybridized carbons (Fsp3) is 0.263. The minimum atomic E-state index is -1.01. The van der Waals surface area contributed by atoms with E-state index in [0.29, 0.717) is 19.6 Å². The molecule has 0 spiro atoms. The molecule has 0 atom stereocenters. The van der Waals surface area contributed by atoms with Crippen molar-refractivity contribution in [2.45, 2.75) is 6.54 Å². The molecule has 0 bridgehead atoms. The number of benzene rings is 2. The highest BCUT2D eigenvalue weighted by atomic mass is 19.2. The van der Waals surface area contributed by atoms with E-state index in [4.69, 9.17) is 0 Å². The van der Waals surface area contributed by atoms with Crippen molar-refractivity contribution >= 4 is 17.6 Å². The average Bonchev–Trinajstić information content (AvgIpc) is 2.99. The van der Waals surface area contributed by atoms with Gasteiger partial charge in [0.05, 0.1) is 0 Å². The van der Waals surface area contributed by atoms with E-state index in [1.165, 1.54) is 15.9 Å². The van der Waals surface area contributed by atoms with Gasteiger partial charge in [0.1, 0.15) is 6.54 Å². The van der Waals surface area contributed by atoms with Crippen LogP contribution in [0.1, 0.15) is 5.56 Å². The van der Waals surface area contributed by atoms with Crippen molar-refractivity contribution in [3.8, 4) is 0 Å². The Kier molecular flexibility index (Phi) is 5.16. The summed E-state index contributed by atoms with van der Waals surface area (Å²) in [5, 5.41) is 0. The van der Waals surface area contributed by atoms with Gasteiger partial charge < -0.3 is 9.80 Å². The van der Waals surface area contributed by atoms with Crippen molar-refractivity contribution in [3.63, 3.8) is 0 Å². The van der Waals surface area contributed by atoms with Crippen LogP contribution >= 0.6 is 0 Å². The van der Waals surface area contributed by atoms with Gasteiger partial charge in [-0.2, -0.15) is 0 Å². The Labute approximate surface area is 150 Å². The highest BCUT2D eigenvalue weighted by molar-refractivity contribution is 5.96. The third-order valence-electron chi connectivity index (χ3n) is 4.32. The molecule has 26 heavy (non-hydrogen) atoms. The summed E-state index contributed by atoms with van der Waals surface area (Å²) in [6, 6.07) is 12.5. The number of rotatable bonds is 5. The molecule has 2 aromatic rings. The third-order valence-corrected chi connectivity index (χ3v) is 4.32. The first-order valence-electron chi connectivity index (χ1n) is 8.25. The average molecular weight is 359 g/mol. The van der Waals surface area contributed by atoms with Crippen LogP contribution in [-0.2, 0) is 11.3 Å². The summed E-state index contributed by atoms with van der Waals surface area (Å²) in [5.74, 6) is -2.16. The summed E-state index contributed by atoms with van der Waals surface area (Å²) in [6.45, 7) is 1.07. The molecule has 0 unspecified atom stereocenters. The molecule has 7 heteroatoms. The lowest BCUT2D eigenvalue weighted by Gasteiger charge is -2.22.